The predicted octanol–water partition coefficient (Wildman–Crippen LogP) is 3.58. The Hall–Kier alpha value is -1.45. The summed E-state index contributed by atoms with van der Waals surface area (Å²) in [4.78, 5) is 3.08. The fraction of sp³-hybridized carbons (Fsp3) is 0.529. The lowest BCUT2D eigenvalue weighted by molar-refractivity contribution is -0.139. The van der Waals surface area contributed by atoms with Gasteiger partial charge in [-0.25, -0.2) is 4.39 Å². The number of hydrogen-bond donors (Lipinski definition) is 2. The Morgan fingerprint density at radius 3 is 2.69 bits per heavy atom. The van der Waals surface area contributed by atoms with Gasteiger partial charge in [-0.1, -0.05) is 11.8 Å². The zero-order valence-corrected chi connectivity index (χ0v) is 15.3. The van der Waals surface area contributed by atoms with Crippen molar-refractivity contribution in [2.75, 3.05) is 20.2 Å². The Bertz CT molecular complexity index is 723. The van der Waals surface area contributed by atoms with Crippen LogP contribution in [0, 0.1) is 5.82 Å². The Labute approximate surface area is 153 Å². The molecule has 144 valence electrons. The van der Waals surface area contributed by atoms with Gasteiger partial charge in [0.15, 0.2) is 11.6 Å². The van der Waals surface area contributed by atoms with Crippen LogP contribution in [0.15, 0.2) is 17.0 Å². The van der Waals surface area contributed by atoms with Gasteiger partial charge >= 0.3 is 6.18 Å². The van der Waals surface area contributed by atoms with Crippen molar-refractivity contribution in [2.24, 2.45) is 5.73 Å². The molecule has 2 aliphatic heterocycles. The van der Waals surface area contributed by atoms with E-state index in [1.807, 2.05) is 0 Å². The molecule has 0 spiro atoms. The van der Waals surface area contributed by atoms with E-state index in [2.05, 4.69) is 21.9 Å². The third kappa shape index (κ3) is 3.79. The Kier molecular flexibility index (Phi) is 5.41. The molecule has 0 saturated carbocycles. The molecule has 0 aromatic heterocycles. The minimum Gasteiger partial charge on any atom is -0.493 e. The van der Waals surface area contributed by atoms with E-state index in [-0.39, 0.29) is 5.56 Å². The molecule has 2 atom stereocenters. The van der Waals surface area contributed by atoms with Crippen molar-refractivity contribution in [3.8, 4) is 5.75 Å². The number of benzene rings is 1. The molecule has 26 heavy (non-hydrogen) atoms. The lowest BCUT2D eigenvalue weighted by Gasteiger charge is -2.22. The van der Waals surface area contributed by atoms with Crippen LogP contribution >= 0.6 is 11.8 Å². The highest BCUT2D eigenvalue weighted by Crippen LogP contribution is 2.42. The molecule has 2 aliphatic rings. The number of hydrogen-bond acceptors (Lipinski definition) is 5. The van der Waals surface area contributed by atoms with Crippen LogP contribution in [0.5, 0.6) is 5.75 Å². The van der Waals surface area contributed by atoms with Crippen molar-refractivity contribution in [3.63, 3.8) is 0 Å². The molecule has 4 nitrogen and oxygen atoms in total. The first-order chi connectivity index (χ1) is 12.2. The Morgan fingerprint density at radius 2 is 2.12 bits per heavy atom. The van der Waals surface area contributed by atoms with Crippen LogP contribution in [0.2, 0.25) is 0 Å². The normalized spacial score (nSPS) is 24.3. The summed E-state index contributed by atoms with van der Waals surface area (Å²) in [5, 5.41) is 2.97. The maximum absolute atomic E-state index is 14.3. The molecule has 2 heterocycles. The van der Waals surface area contributed by atoms with E-state index in [9.17, 15) is 17.6 Å². The second-order valence-corrected chi connectivity index (χ2v) is 7.72. The number of thioether (sulfide) groups is 1. The van der Waals surface area contributed by atoms with Gasteiger partial charge in [0, 0.05) is 23.1 Å². The van der Waals surface area contributed by atoms with Crippen molar-refractivity contribution >= 4 is 17.5 Å². The van der Waals surface area contributed by atoms with E-state index < -0.39 is 28.8 Å². The van der Waals surface area contributed by atoms with E-state index in [0.717, 1.165) is 43.5 Å². The minimum absolute atomic E-state index is 0.123. The van der Waals surface area contributed by atoms with Gasteiger partial charge in [-0.05, 0) is 38.4 Å². The summed E-state index contributed by atoms with van der Waals surface area (Å²) in [6, 6.07) is 2.37. The van der Waals surface area contributed by atoms with Gasteiger partial charge in [0.25, 0.3) is 0 Å². The smallest absolute Gasteiger partial charge is 0.420 e. The number of halogens is 4. The van der Waals surface area contributed by atoms with Crippen molar-refractivity contribution < 1.29 is 22.3 Å². The lowest BCUT2D eigenvalue weighted by Crippen LogP contribution is -2.28. The molecule has 9 heteroatoms. The first kappa shape index (κ1) is 19.3. The number of rotatable bonds is 4. The summed E-state index contributed by atoms with van der Waals surface area (Å²) in [5.41, 5.74) is 4.90. The van der Waals surface area contributed by atoms with Crippen molar-refractivity contribution in [2.45, 2.75) is 37.5 Å². The predicted molar refractivity (Wildman–Crippen MR) is 93.8 cm³/mol. The summed E-state index contributed by atoms with van der Waals surface area (Å²) < 4.78 is 58.8. The second-order valence-electron chi connectivity index (χ2n) is 6.48. The zero-order valence-electron chi connectivity index (χ0n) is 14.5. The SMILES string of the molecule is COc1c(F)cc(C2=C(CN3CCCC3C)SC(N)N2)cc1C(F)(F)F. The average molecular weight is 391 g/mol. The molecule has 2 unspecified atom stereocenters. The first-order valence-electron chi connectivity index (χ1n) is 8.31. The lowest BCUT2D eigenvalue weighted by atomic mass is 10.0. The van der Waals surface area contributed by atoms with Gasteiger partial charge in [-0.15, -0.1) is 0 Å². The number of nitrogens with one attached hydrogen (secondary N) is 1. The molecule has 1 aromatic carbocycles. The van der Waals surface area contributed by atoms with Crippen LogP contribution < -0.4 is 15.8 Å². The number of likely N-dealkylation sites (tertiary alicyclic amines) is 1. The molecule has 1 saturated heterocycles. The second kappa shape index (κ2) is 7.28. The molecular formula is C17H21F4N3OS. The minimum atomic E-state index is -4.72. The monoisotopic (exact) mass is 391 g/mol. The molecule has 0 aliphatic carbocycles. The summed E-state index contributed by atoms with van der Waals surface area (Å²) in [7, 11) is 1.02. The van der Waals surface area contributed by atoms with Gasteiger partial charge in [0.05, 0.1) is 12.8 Å². The summed E-state index contributed by atoms with van der Waals surface area (Å²) in [5.74, 6) is -1.85. The molecular weight excluding hydrogens is 370 g/mol. The van der Waals surface area contributed by atoms with Gasteiger partial charge < -0.3 is 15.8 Å². The molecule has 0 amide bonds. The highest BCUT2D eigenvalue weighted by atomic mass is 32.2. The first-order valence-corrected chi connectivity index (χ1v) is 9.19. The average Bonchev–Trinajstić information content (AvgIpc) is 3.12. The van der Waals surface area contributed by atoms with Crippen molar-refractivity contribution in [1.82, 2.24) is 10.2 Å². The molecule has 3 rings (SSSR count). The van der Waals surface area contributed by atoms with Gasteiger partial charge in [-0.3, -0.25) is 4.90 Å². The van der Waals surface area contributed by atoms with Gasteiger partial charge in [-0.2, -0.15) is 13.2 Å². The number of ether oxygens (including phenoxy) is 1. The van der Waals surface area contributed by atoms with E-state index in [4.69, 9.17) is 5.73 Å². The van der Waals surface area contributed by atoms with Crippen LogP contribution in [-0.4, -0.2) is 36.6 Å². The summed E-state index contributed by atoms with van der Waals surface area (Å²) >= 11 is 1.36. The van der Waals surface area contributed by atoms with E-state index in [1.165, 1.54) is 11.8 Å². The fourth-order valence-corrected chi connectivity index (χ4v) is 4.41. The maximum atomic E-state index is 14.3. The fourth-order valence-electron chi connectivity index (χ4n) is 3.39. The van der Waals surface area contributed by atoms with Crippen LogP contribution in [0.25, 0.3) is 5.70 Å². The molecule has 1 aromatic rings. The topological polar surface area (TPSA) is 50.5 Å². The van der Waals surface area contributed by atoms with Crippen LogP contribution in [0.4, 0.5) is 17.6 Å². The van der Waals surface area contributed by atoms with Crippen LogP contribution in [0.3, 0.4) is 0 Å². The largest absolute Gasteiger partial charge is 0.493 e. The van der Waals surface area contributed by atoms with Crippen molar-refractivity contribution in [3.05, 3.63) is 34.0 Å². The number of alkyl halides is 3. The van der Waals surface area contributed by atoms with Crippen LogP contribution in [-0.2, 0) is 6.18 Å². The summed E-state index contributed by atoms with van der Waals surface area (Å²) in [6.07, 6.45) is -2.55. The molecule has 3 N–H and O–H groups in total. The van der Waals surface area contributed by atoms with Crippen molar-refractivity contribution in [1.29, 1.82) is 0 Å². The quantitative estimate of drug-likeness (QED) is 0.769. The number of nitrogens with two attached hydrogens (primary N) is 1. The third-order valence-corrected chi connectivity index (χ3v) is 5.70. The molecule has 0 radical (unpaired) electrons. The zero-order chi connectivity index (χ0) is 19.1. The highest BCUT2D eigenvalue weighted by molar-refractivity contribution is 8.04. The molecule has 1 fully saturated rings. The van der Waals surface area contributed by atoms with Gasteiger partial charge in [0.2, 0.25) is 0 Å². The molecule has 0 bridgehead atoms. The summed E-state index contributed by atoms with van der Waals surface area (Å²) in [6.45, 7) is 3.63. The highest BCUT2D eigenvalue weighted by Gasteiger charge is 2.37. The Morgan fingerprint density at radius 1 is 1.38 bits per heavy atom. The number of methoxy groups -OCH3 is 1. The maximum Gasteiger partial charge on any atom is 0.420 e. The standard InChI is InChI=1S/C17H21F4N3OS/c1-9-4-3-5-24(9)8-13-14(23-16(22)26-13)10-6-11(17(19,20)21)15(25-2)12(18)7-10/h6-7,9,16,23H,3-5,8,22H2,1-2H3. The van der Waals surface area contributed by atoms with Crippen LogP contribution in [0.1, 0.15) is 30.9 Å². The van der Waals surface area contributed by atoms with E-state index in [1.54, 1.807) is 0 Å². The van der Waals surface area contributed by atoms with Gasteiger partial charge in [0.1, 0.15) is 11.1 Å². The van der Waals surface area contributed by atoms with E-state index >= 15 is 0 Å². The Balaban J connectivity index is 2.02. The van der Waals surface area contributed by atoms with E-state index in [0.29, 0.717) is 18.3 Å². The number of nitrogens with zero attached hydrogens (tertiary/aromatic N) is 1. The third-order valence-electron chi connectivity index (χ3n) is 4.71.